The van der Waals surface area contributed by atoms with Crippen LogP contribution in [0.15, 0.2) is 49.5 Å². The highest BCUT2D eigenvalue weighted by atomic mass is 16.5. The Hall–Kier alpha value is -3.36. The molecule has 2 N–H and O–H groups in total. The van der Waals surface area contributed by atoms with Crippen LogP contribution in [0.3, 0.4) is 0 Å². The summed E-state index contributed by atoms with van der Waals surface area (Å²) in [5, 5.41) is 16.8. The van der Waals surface area contributed by atoms with E-state index in [-0.39, 0.29) is 24.1 Å². The molecule has 0 spiro atoms. The highest BCUT2D eigenvalue weighted by Gasteiger charge is 2.08. The van der Waals surface area contributed by atoms with Crippen molar-refractivity contribution in [3.63, 3.8) is 0 Å². The Balaban J connectivity index is -0.000000422. The van der Waals surface area contributed by atoms with Crippen molar-refractivity contribution in [2.45, 2.75) is 53.4 Å². The lowest BCUT2D eigenvalue weighted by Crippen LogP contribution is -2.12. The second kappa shape index (κ2) is 23.9. The fourth-order valence-electron chi connectivity index (χ4n) is 1.81. The minimum absolute atomic E-state index is 0.164. The average Bonchev–Trinajstić information content (AvgIpc) is 2.75. The molecule has 0 aromatic rings. The lowest BCUT2D eigenvalue weighted by molar-refractivity contribution is -0.139. The van der Waals surface area contributed by atoms with Gasteiger partial charge in [-0.15, -0.1) is 0 Å². The van der Waals surface area contributed by atoms with Crippen molar-refractivity contribution in [1.82, 2.24) is 0 Å². The van der Waals surface area contributed by atoms with E-state index in [9.17, 15) is 19.2 Å². The van der Waals surface area contributed by atoms with Crippen molar-refractivity contribution >= 4 is 23.9 Å². The number of carbonyl (C=O) groups excluding carboxylic acids is 3. The van der Waals surface area contributed by atoms with Gasteiger partial charge in [-0.3, -0.25) is 4.79 Å². The summed E-state index contributed by atoms with van der Waals surface area (Å²) in [6.45, 7) is 14.4. The van der Waals surface area contributed by atoms with Gasteiger partial charge >= 0.3 is 23.9 Å². The van der Waals surface area contributed by atoms with E-state index >= 15 is 0 Å². The van der Waals surface area contributed by atoms with Crippen LogP contribution < -0.4 is 0 Å². The molecule has 0 aliphatic heterocycles. The summed E-state index contributed by atoms with van der Waals surface area (Å²) in [5.74, 6) is -2.09. The molecule has 0 saturated carbocycles. The lowest BCUT2D eigenvalue weighted by Gasteiger charge is -2.13. The molecule has 0 amide bonds. The predicted octanol–water partition coefficient (Wildman–Crippen LogP) is 4.26. The summed E-state index contributed by atoms with van der Waals surface area (Å²) in [4.78, 5) is 41.5. The summed E-state index contributed by atoms with van der Waals surface area (Å²) in [6.07, 6.45) is 9.14. The van der Waals surface area contributed by atoms with Crippen LogP contribution >= 0.6 is 0 Å². The van der Waals surface area contributed by atoms with Crippen LogP contribution in [0.2, 0.25) is 0 Å². The summed E-state index contributed by atoms with van der Waals surface area (Å²) in [7, 11) is 0. The summed E-state index contributed by atoms with van der Waals surface area (Å²) < 4.78 is 13.7. The minimum atomic E-state index is -1.20. The number of ether oxygens (including phenoxy) is 3. The van der Waals surface area contributed by atoms with Gasteiger partial charge in [0.1, 0.15) is 0 Å². The number of carboxylic acid groups (broad SMARTS) is 1. The third-order valence-electron chi connectivity index (χ3n) is 3.48. The van der Waals surface area contributed by atoms with E-state index in [1.165, 1.54) is 25.8 Å². The van der Waals surface area contributed by atoms with Gasteiger partial charge in [0.15, 0.2) is 0 Å². The number of aliphatic hydroxyl groups is 1. The number of hydrogen-bond acceptors (Lipinski definition) is 8. The van der Waals surface area contributed by atoms with E-state index in [0.717, 1.165) is 31.3 Å². The summed E-state index contributed by atoms with van der Waals surface area (Å²) in [5.41, 5.74) is -0.204. The third kappa shape index (κ3) is 24.7. The maximum Gasteiger partial charge on any atom is 0.341 e. The van der Waals surface area contributed by atoms with Crippen LogP contribution in [0, 0.1) is 5.92 Å². The van der Waals surface area contributed by atoms with Crippen molar-refractivity contribution in [2.24, 2.45) is 5.92 Å². The van der Waals surface area contributed by atoms with Gasteiger partial charge in [0.05, 0.1) is 31.3 Å². The summed E-state index contributed by atoms with van der Waals surface area (Å²) >= 11 is 0. The first-order chi connectivity index (χ1) is 15.1. The maximum absolute atomic E-state index is 10.9. The zero-order chi connectivity index (χ0) is 25.4. The van der Waals surface area contributed by atoms with Crippen LogP contribution in [-0.2, 0) is 33.4 Å². The third-order valence-corrected chi connectivity index (χ3v) is 3.48. The molecule has 0 heterocycles. The smallest absolute Gasteiger partial charge is 0.341 e. The van der Waals surface area contributed by atoms with Gasteiger partial charge in [0.2, 0.25) is 0 Å². The Labute approximate surface area is 190 Å². The van der Waals surface area contributed by atoms with Crippen LogP contribution in [0.1, 0.15) is 53.4 Å². The molecule has 9 nitrogen and oxygen atoms in total. The SMILES string of the molecule is C=CC(=O)OCC(CC)CCCC.C=COC(C)=O.CCOC(=O)C(C=CC(=O)O)=CO. The van der Waals surface area contributed by atoms with Crippen molar-refractivity contribution < 1.29 is 43.6 Å². The van der Waals surface area contributed by atoms with Crippen molar-refractivity contribution in [1.29, 1.82) is 0 Å². The van der Waals surface area contributed by atoms with E-state index in [2.05, 4.69) is 36.5 Å². The average molecular weight is 457 g/mol. The number of unbranched alkanes of at least 4 members (excludes halogenated alkanes) is 1. The van der Waals surface area contributed by atoms with Crippen LogP contribution in [-0.4, -0.2) is 47.3 Å². The molecule has 0 bridgehead atoms. The number of carboxylic acids is 1. The molecule has 182 valence electrons. The number of carbonyl (C=O) groups is 4. The molecule has 1 atom stereocenters. The Morgan fingerprint density at radius 2 is 1.66 bits per heavy atom. The van der Waals surface area contributed by atoms with Gasteiger partial charge in [-0.05, 0) is 25.3 Å². The van der Waals surface area contributed by atoms with Gasteiger partial charge in [-0.2, -0.15) is 0 Å². The molecule has 0 radical (unpaired) electrons. The van der Waals surface area contributed by atoms with Gasteiger partial charge < -0.3 is 24.4 Å². The largest absolute Gasteiger partial charge is 0.515 e. The van der Waals surface area contributed by atoms with Crippen molar-refractivity contribution in [3.8, 4) is 0 Å². The molecule has 1 unspecified atom stereocenters. The van der Waals surface area contributed by atoms with Gasteiger partial charge in [0, 0.05) is 19.1 Å². The van der Waals surface area contributed by atoms with E-state index < -0.39 is 11.9 Å². The molecule has 0 saturated heterocycles. The molecule has 0 aliphatic carbocycles. The van der Waals surface area contributed by atoms with Gasteiger partial charge in [-0.25, -0.2) is 14.4 Å². The van der Waals surface area contributed by atoms with Crippen molar-refractivity contribution in [3.05, 3.63) is 49.5 Å². The predicted molar refractivity (Wildman–Crippen MR) is 121 cm³/mol. The molecule has 0 fully saturated rings. The molecule has 0 rings (SSSR count). The second-order valence-corrected chi connectivity index (χ2v) is 6.00. The standard InChI is InChI=1S/C11H20O2.C8H10O5.C4H6O2/c1-4-7-8-10(5-2)9-13-11(12)6-3;1-2-13-8(12)6(5-9)3-4-7(10)11;1-3-6-4(2)5/h6,10H,3-5,7-9H2,1-2H3;3-5,9H,2H2,1H3,(H,10,11);3H,1H2,2H3. The first-order valence-corrected chi connectivity index (χ1v) is 10.1. The first kappa shape index (κ1) is 33.3. The Kier molecular flexibility index (Phi) is 24.9. The van der Waals surface area contributed by atoms with E-state index in [1.54, 1.807) is 6.92 Å². The van der Waals surface area contributed by atoms with Gasteiger partial charge in [0.25, 0.3) is 0 Å². The quantitative estimate of drug-likeness (QED) is 0.145. The number of esters is 3. The number of hydrogen-bond donors (Lipinski definition) is 2. The normalized spacial score (nSPS) is 10.9. The molecule has 0 aromatic carbocycles. The monoisotopic (exact) mass is 456 g/mol. The molecule has 0 aliphatic rings. The molecule has 9 heteroatoms. The first-order valence-electron chi connectivity index (χ1n) is 10.1. The topological polar surface area (TPSA) is 136 Å². The highest BCUT2D eigenvalue weighted by Crippen LogP contribution is 2.12. The Morgan fingerprint density at radius 3 is 2.00 bits per heavy atom. The zero-order valence-corrected chi connectivity index (χ0v) is 19.4. The number of rotatable bonds is 12. The fourth-order valence-corrected chi connectivity index (χ4v) is 1.81. The van der Waals surface area contributed by atoms with E-state index in [1.807, 2.05) is 0 Å². The van der Waals surface area contributed by atoms with Crippen LogP contribution in [0.4, 0.5) is 0 Å². The highest BCUT2D eigenvalue weighted by molar-refractivity contribution is 5.93. The minimum Gasteiger partial charge on any atom is -0.515 e. The number of aliphatic carboxylic acids is 1. The van der Waals surface area contributed by atoms with Crippen LogP contribution in [0.5, 0.6) is 0 Å². The van der Waals surface area contributed by atoms with Crippen LogP contribution in [0.25, 0.3) is 0 Å². The van der Waals surface area contributed by atoms with Crippen molar-refractivity contribution in [2.75, 3.05) is 13.2 Å². The molecular formula is C23H36O9. The van der Waals surface area contributed by atoms with E-state index in [0.29, 0.717) is 18.8 Å². The fraction of sp³-hybridized carbons (Fsp3) is 0.478. The molecular weight excluding hydrogens is 420 g/mol. The van der Waals surface area contributed by atoms with E-state index in [4.69, 9.17) is 14.9 Å². The zero-order valence-electron chi connectivity index (χ0n) is 19.4. The summed E-state index contributed by atoms with van der Waals surface area (Å²) in [6, 6.07) is 0. The molecule has 0 aromatic heterocycles. The lowest BCUT2D eigenvalue weighted by atomic mass is 10.0. The maximum atomic E-state index is 10.9. The number of aliphatic hydroxyl groups excluding tert-OH is 1. The Morgan fingerprint density at radius 1 is 1.03 bits per heavy atom. The van der Waals surface area contributed by atoms with Gasteiger partial charge in [-0.1, -0.05) is 46.3 Å². The molecule has 32 heavy (non-hydrogen) atoms. The Bertz CT molecular complexity index is 633. The second-order valence-electron chi connectivity index (χ2n) is 6.00.